The second kappa shape index (κ2) is 7.58. The van der Waals surface area contributed by atoms with E-state index < -0.39 is 0 Å². The third kappa shape index (κ3) is 3.46. The smallest absolute Gasteiger partial charge is 0.179 e. The minimum absolute atomic E-state index is 0.515. The van der Waals surface area contributed by atoms with Crippen molar-refractivity contribution in [3.63, 3.8) is 0 Å². The molecule has 0 spiro atoms. The Balaban J connectivity index is 1.31. The fraction of sp³-hybridized carbons (Fsp3) is 0.292. The van der Waals surface area contributed by atoms with Gasteiger partial charge >= 0.3 is 0 Å². The number of benzene rings is 1. The first-order chi connectivity index (χ1) is 15.3. The van der Waals surface area contributed by atoms with Crippen molar-refractivity contribution in [1.82, 2.24) is 34.7 Å². The van der Waals surface area contributed by atoms with Gasteiger partial charge in [-0.15, -0.1) is 5.10 Å². The summed E-state index contributed by atoms with van der Waals surface area (Å²) < 4.78 is 3.99. The SMILES string of the molecule is c1cnc2ccc(Cn3nnc4ccc(-c5cnn(C6CCCCC6)c5)nc43)cc2c1. The van der Waals surface area contributed by atoms with Crippen LogP contribution in [0.3, 0.4) is 0 Å². The van der Waals surface area contributed by atoms with Crippen LogP contribution in [0.5, 0.6) is 0 Å². The summed E-state index contributed by atoms with van der Waals surface area (Å²) in [6, 6.07) is 14.8. The van der Waals surface area contributed by atoms with E-state index in [0.717, 1.165) is 38.9 Å². The molecule has 6 rings (SSSR count). The summed E-state index contributed by atoms with van der Waals surface area (Å²) in [5.74, 6) is 0. The molecule has 0 amide bonds. The Morgan fingerprint density at radius 1 is 0.968 bits per heavy atom. The summed E-state index contributed by atoms with van der Waals surface area (Å²) in [5.41, 5.74) is 5.66. The molecular formula is C24H23N7. The molecule has 0 unspecified atom stereocenters. The number of rotatable bonds is 4. The van der Waals surface area contributed by atoms with E-state index in [0.29, 0.717) is 12.6 Å². The van der Waals surface area contributed by atoms with Crippen LogP contribution < -0.4 is 0 Å². The summed E-state index contributed by atoms with van der Waals surface area (Å²) in [7, 11) is 0. The fourth-order valence-corrected chi connectivity index (χ4v) is 4.53. The summed E-state index contributed by atoms with van der Waals surface area (Å²) in [6.07, 6.45) is 12.2. The van der Waals surface area contributed by atoms with Gasteiger partial charge in [0.1, 0.15) is 5.52 Å². The Morgan fingerprint density at radius 3 is 2.81 bits per heavy atom. The zero-order valence-electron chi connectivity index (χ0n) is 17.2. The van der Waals surface area contributed by atoms with Gasteiger partial charge in [-0.1, -0.05) is 36.6 Å². The van der Waals surface area contributed by atoms with E-state index in [1.165, 1.54) is 32.1 Å². The van der Waals surface area contributed by atoms with Crippen LogP contribution >= 0.6 is 0 Å². The van der Waals surface area contributed by atoms with Gasteiger partial charge in [-0.3, -0.25) is 9.67 Å². The molecule has 0 bridgehead atoms. The van der Waals surface area contributed by atoms with Crippen molar-refractivity contribution in [1.29, 1.82) is 0 Å². The normalized spacial score (nSPS) is 15.1. The predicted molar refractivity (Wildman–Crippen MR) is 120 cm³/mol. The summed E-state index contributed by atoms with van der Waals surface area (Å²) in [4.78, 5) is 9.29. The number of hydrogen-bond acceptors (Lipinski definition) is 5. The Bertz CT molecular complexity index is 1360. The van der Waals surface area contributed by atoms with Crippen molar-refractivity contribution in [3.8, 4) is 11.3 Å². The molecule has 5 aromatic rings. The number of pyridine rings is 2. The third-order valence-electron chi connectivity index (χ3n) is 6.21. The van der Waals surface area contributed by atoms with Gasteiger partial charge in [-0.25, -0.2) is 9.67 Å². The molecule has 7 nitrogen and oxygen atoms in total. The van der Waals surface area contributed by atoms with Gasteiger partial charge in [0.25, 0.3) is 0 Å². The van der Waals surface area contributed by atoms with Gasteiger partial charge in [0.05, 0.1) is 30.0 Å². The first-order valence-electron chi connectivity index (χ1n) is 10.9. The van der Waals surface area contributed by atoms with Gasteiger partial charge in [0.15, 0.2) is 5.65 Å². The molecule has 0 radical (unpaired) electrons. The maximum Gasteiger partial charge on any atom is 0.179 e. The second-order valence-electron chi connectivity index (χ2n) is 8.32. The lowest BCUT2D eigenvalue weighted by molar-refractivity contribution is 0.329. The molecule has 154 valence electrons. The van der Waals surface area contributed by atoms with Crippen molar-refractivity contribution in [3.05, 3.63) is 66.6 Å². The highest BCUT2D eigenvalue weighted by Crippen LogP contribution is 2.29. The fourth-order valence-electron chi connectivity index (χ4n) is 4.53. The first-order valence-corrected chi connectivity index (χ1v) is 10.9. The Labute approximate surface area is 179 Å². The number of fused-ring (bicyclic) bond motifs is 2. The Morgan fingerprint density at radius 2 is 1.87 bits per heavy atom. The summed E-state index contributed by atoms with van der Waals surface area (Å²) >= 11 is 0. The van der Waals surface area contributed by atoms with Crippen molar-refractivity contribution in [2.24, 2.45) is 0 Å². The van der Waals surface area contributed by atoms with Crippen LogP contribution in [0.2, 0.25) is 0 Å². The van der Waals surface area contributed by atoms with E-state index in [1.54, 1.807) is 0 Å². The van der Waals surface area contributed by atoms with Gasteiger partial charge in [0, 0.05) is 23.3 Å². The molecule has 4 heterocycles. The zero-order chi connectivity index (χ0) is 20.6. The molecule has 31 heavy (non-hydrogen) atoms. The van der Waals surface area contributed by atoms with Crippen LogP contribution in [-0.2, 0) is 6.54 Å². The van der Waals surface area contributed by atoms with E-state index in [4.69, 9.17) is 4.98 Å². The maximum atomic E-state index is 4.89. The molecule has 7 heteroatoms. The minimum Gasteiger partial charge on any atom is -0.269 e. The topological polar surface area (TPSA) is 74.3 Å². The lowest BCUT2D eigenvalue weighted by Crippen LogP contribution is -2.12. The van der Waals surface area contributed by atoms with Gasteiger partial charge in [-0.05, 0) is 48.7 Å². The van der Waals surface area contributed by atoms with E-state index in [1.807, 2.05) is 41.3 Å². The number of aromatic nitrogens is 7. The van der Waals surface area contributed by atoms with Gasteiger partial charge < -0.3 is 0 Å². The highest BCUT2D eigenvalue weighted by molar-refractivity contribution is 5.79. The van der Waals surface area contributed by atoms with Crippen LogP contribution in [0, 0.1) is 0 Å². The number of nitrogens with zero attached hydrogens (tertiary/aromatic N) is 7. The van der Waals surface area contributed by atoms with Gasteiger partial charge in [0.2, 0.25) is 0 Å². The standard InChI is InChI=1S/C24H23N7/c1-2-6-20(7-3-1)30-16-19(14-26-30)22-10-11-23-24(27-22)31(29-28-23)15-17-8-9-21-18(13-17)5-4-12-25-21/h4-5,8-14,16,20H,1-3,6-7,15H2. The lowest BCUT2D eigenvalue weighted by atomic mass is 9.96. The molecule has 1 aliphatic carbocycles. The van der Waals surface area contributed by atoms with Crippen LogP contribution in [-0.4, -0.2) is 34.7 Å². The van der Waals surface area contributed by atoms with E-state index in [9.17, 15) is 0 Å². The second-order valence-corrected chi connectivity index (χ2v) is 8.32. The molecule has 1 aliphatic rings. The van der Waals surface area contributed by atoms with Crippen molar-refractivity contribution in [2.45, 2.75) is 44.7 Å². The minimum atomic E-state index is 0.515. The van der Waals surface area contributed by atoms with E-state index >= 15 is 0 Å². The highest BCUT2D eigenvalue weighted by atomic mass is 15.4. The zero-order valence-corrected chi connectivity index (χ0v) is 17.2. The van der Waals surface area contributed by atoms with E-state index in [2.05, 4.69) is 49.5 Å². The summed E-state index contributed by atoms with van der Waals surface area (Å²) in [5, 5.41) is 14.4. The van der Waals surface area contributed by atoms with E-state index in [-0.39, 0.29) is 0 Å². The largest absolute Gasteiger partial charge is 0.269 e. The highest BCUT2D eigenvalue weighted by Gasteiger charge is 2.17. The third-order valence-corrected chi connectivity index (χ3v) is 6.21. The average Bonchev–Trinajstić information content (AvgIpc) is 3.47. The Kier molecular flexibility index (Phi) is 4.44. The number of hydrogen-bond donors (Lipinski definition) is 0. The van der Waals surface area contributed by atoms with Crippen molar-refractivity contribution >= 4 is 22.1 Å². The summed E-state index contributed by atoms with van der Waals surface area (Å²) in [6.45, 7) is 0.610. The molecule has 0 atom stereocenters. The molecule has 0 N–H and O–H groups in total. The van der Waals surface area contributed by atoms with Crippen LogP contribution in [0.15, 0.2) is 61.1 Å². The predicted octanol–water partition coefficient (Wildman–Crippen LogP) is 4.79. The molecule has 1 aromatic carbocycles. The van der Waals surface area contributed by atoms with Crippen LogP contribution in [0.25, 0.3) is 33.3 Å². The quantitative estimate of drug-likeness (QED) is 0.427. The van der Waals surface area contributed by atoms with Crippen LogP contribution in [0.4, 0.5) is 0 Å². The lowest BCUT2D eigenvalue weighted by Gasteiger charge is -2.21. The molecule has 1 fully saturated rings. The molecule has 0 aliphatic heterocycles. The monoisotopic (exact) mass is 409 g/mol. The average molecular weight is 409 g/mol. The first kappa shape index (κ1) is 18.2. The maximum absolute atomic E-state index is 4.89. The van der Waals surface area contributed by atoms with Gasteiger partial charge in [-0.2, -0.15) is 5.10 Å². The molecule has 1 saturated carbocycles. The van der Waals surface area contributed by atoms with Crippen molar-refractivity contribution in [2.75, 3.05) is 0 Å². The van der Waals surface area contributed by atoms with Crippen LogP contribution in [0.1, 0.15) is 43.7 Å². The Hall–Kier alpha value is -3.61. The molecular weight excluding hydrogens is 386 g/mol. The molecule has 0 saturated heterocycles. The van der Waals surface area contributed by atoms with Crippen molar-refractivity contribution < 1.29 is 0 Å². The molecule has 4 aromatic heterocycles.